The zero-order chi connectivity index (χ0) is 17.9. The average molecular weight is 356 g/mol. The second-order valence-corrected chi connectivity index (χ2v) is 7.10. The van der Waals surface area contributed by atoms with Crippen LogP contribution in [-0.2, 0) is 6.54 Å². The van der Waals surface area contributed by atoms with E-state index >= 15 is 0 Å². The lowest BCUT2D eigenvalue weighted by atomic mass is 10.2. The van der Waals surface area contributed by atoms with Gasteiger partial charge in [0.1, 0.15) is 6.33 Å². The van der Waals surface area contributed by atoms with Crippen LogP contribution in [0.1, 0.15) is 38.5 Å². The van der Waals surface area contributed by atoms with Crippen LogP contribution in [0, 0.1) is 0 Å². The standard InChI is InChI=1S/C18H24N6O2/c25-17-8-7-16(22-11-9-19-13-22)21-24(17)12-15-6-3-10-23(15)18(26)20-14-4-1-2-5-14/h7-9,11,13-15H,1-6,10,12H2,(H,20,26). The maximum atomic E-state index is 12.6. The van der Waals surface area contributed by atoms with E-state index in [2.05, 4.69) is 15.4 Å². The number of nitrogens with one attached hydrogen (secondary N) is 1. The molecule has 2 fully saturated rings. The molecule has 1 saturated carbocycles. The number of nitrogens with zero attached hydrogens (tertiary/aromatic N) is 5. The number of amides is 2. The lowest BCUT2D eigenvalue weighted by Crippen LogP contribution is -2.48. The van der Waals surface area contributed by atoms with Crippen molar-refractivity contribution in [2.75, 3.05) is 6.54 Å². The fourth-order valence-corrected chi connectivity index (χ4v) is 3.92. The van der Waals surface area contributed by atoms with Crippen LogP contribution in [0.25, 0.3) is 5.82 Å². The van der Waals surface area contributed by atoms with E-state index in [0.717, 1.165) is 32.2 Å². The van der Waals surface area contributed by atoms with Gasteiger partial charge in [-0.1, -0.05) is 12.8 Å². The molecule has 0 radical (unpaired) electrons. The van der Waals surface area contributed by atoms with Crippen molar-refractivity contribution in [2.45, 2.75) is 57.2 Å². The number of carbonyl (C=O) groups excluding carboxylic acids is 1. The first-order chi connectivity index (χ1) is 12.7. The predicted molar refractivity (Wildman–Crippen MR) is 96.1 cm³/mol. The summed E-state index contributed by atoms with van der Waals surface area (Å²) in [6, 6.07) is 3.49. The quantitative estimate of drug-likeness (QED) is 0.901. The van der Waals surface area contributed by atoms with Gasteiger partial charge in [-0.3, -0.25) is 9.36 Å². The van der Waals surface area contributed by atoms with E-state index in [4.69, 9.17) is 0 Å². The number of likely N-dealkylation sites (tertiary alicyclic amines) is 1. The Labute approximate surface area is 151 Å². The van der Waals surface area contributed by atoms with Gasteiger partial charge in [-0.05, 0) is 31.7 Å². The van der Waals surface area contributed by atoms with Crippen molar-refractivity contribution < 1.29 is 4.79 Å². The molecule has 4 rings (SSSR count). The van der Waals surface area contributed by atoms with Gasteiger partial charge in [-0.2, -0.15) is 5.10 Å². The lowest BCUT2D eigenvalue weighted by Gasteiger charge is -2.27. The maximum absolute atomic E-state index is 12.6. The summed E-state index contributed by atoms with van der Waals surface area (Å²) in [6.07, 6.45) is 11.5. The molecule has 1 atom stereocenters. The number of urea groups is 1. The molecule has 8 nitrogen and oxygen atoms in total. The molecule has 1 saturated heterocycles. The summed E-state index contributed by atoms with van der Waals surface area (Å²) in [4.78, 5) is 30.8. The Hall–Kier alpha value is -2.64. The summed E-state index contributed by atoms with van der Waals surface area (Å²) >= 11 is 0. The molecule has 0 aromatic carbocycles. The van der Waals surface area contributed by atoms with Crippen LogP contribution in [0.2, 0.25) is 0 Å². The Balaban J connectivity index is 1.48. The molecule has 2 aromatic rings. The summed E-state index contributed by atoms with van der Waals surface area (Å²) in [5.41, 5.74) is -0.156. The van der Waals surface area contributed by atoms with E-state index in [1.807, 2.05) is 4.90 Å². The van der Waals surface area contributed by atoms with Gasteiger partial charge in [-0.15, -0.1) is 0 Å². The second-order valence-electron chi connectivity index (χ2n) is 7.10. The van der Waals surface area contributed by atoms with Crippen molar-refractivity contribution in [1.29, 1.82) is 0 Å². The van der Waals surface area contributed by atoms with E-state index < -0.39 is 0 Å². The Bertz CT molecular complexity index is 809. The SMILES string of the molecule is O=C(NC1CCCC1)N1CCCC1Cn1nc(-n2ccnc2)ccc1=O. The van der Waals surface area contributed by atoms with E-state index in [0.29, 0.717) is 18.4 Å². The molecule has 1 N–H and O–H groups in total. The minimum Gasteiger partial charge on any atom is -0.335 e. The van der Waals surface area contributed by atoms with Crippen LogP contribution in [0.5, 0.6) is 0 Å². The fraction of sp³-hybridized carbons (Fsp3) is 0.556. The van der Waals surface area contributed by atoms with Crippen molar-refractivity contribution in [3.8, 4) is 5.82 Å². The summed E-state index contributed by atoms with van der Waals surface area (Å²) in [6.45, 7) is 1.15. The van der Waals surface area contributed by atoms with E-state index in [1.165, 1.54) is 23.6 Å². The molecule has 2 aliphatic rings. The Morgan fingerprint density at radius 2 is 2.04 bits per heavy atom. The van der Waals surface area contributed by atoms with Crippen LogP contribution in [-0.4, -0.2) is 48.9 Å². The predicted octanol–water partition coefficient (Wildman–Crippen LogP) is 1.55. The molecule has 1 aliphatic heterocycles. The largest absolute Gasteiger partial charge is 0.335 e. The minimum atomic E-state index is -0.156. The van der Waals surface area contributed by atoms with Gasteiger partial charge in [0.2, 0.25) is 0 Å². The third-order valence-corrected chi connectivity index (χ3v) is 5.33. The van der Waals surface area contributed by atoms with Crippen LogP contribution < -0.4 is 10.9 Å². The second kappa shape index (κ2) is 7.31. The first-order valence-corrected chi connectivity index (χ1v) is 9.34. The number of hydrogen-bond donors (Lipinski definition) is 1. The molecule has 0 spiro atoms. The van der Waals surface area contributed by atoms with Crippen LogP contribution in [0.4, 0.5) is 4.79 Å². The highest BCUT2D eigenvalue weighted by atomic mass is 16.2. The van der Waals surface area contributed by atoms with Gasteiger partial charge in [-0.25, -0.2) is 14.5 Å². The third kappa shape index (κ3) is 3.49. The van der Waals surface area contributed by atoms with Crippen molar-refractivity contribution in [1.82, 2.24) is 29.5 Å². The van der Waals surface area contributed by atoms with Crippen molar-refractivity contribution in [3.05, 3.63) is 41.2 Å². The molecule has 2 aromatic heterocycles. The third-order valence-electron chi connectivity index (χ3n) is 5.33. The number of rotatable bonds is 4. The topological polar surface area (TPSA) is 85.1 Å². The highest BCUT2D eigenvalue weighted by Gasteiger charge is 2.31. The molecular formula is C18H24N6O2. The molecule has 3 heterocycles. The first-order valence-electron chi connectivity index (χ1n) is 9.34. The van der Waals surface area contributed by atoms with Gasteiger partial charge < -0.3 is 10.2 Å². The maximum Gasteiger partial charge on any atom is 0.317 e. The van der Waals surface area contributed by atoms with Gasteiger partial charge in [0.25, 0.3) is 5.56 Å². The van der Waals surface area contributed by atoms with Gasteiger partial charge in [0, 0.05) is 31.0 Å². The number of imidazole rings is 1. The highest BCUT2D eigenvalue weighted by molar-refractivity contribution is 5.75. The average Bonchev–Trinajstić information content (AvgIpc) is 3.39. The summed E-state index contributed by atoms with van der Waals surface area (Å²) in [7, 11) is 0. The van der Waals surface area contributed by atoms with Gasteiger partial charge in [0.15, 0.2) is 5.82 Å². The molecule has 2 amide bonds. The molecule has 26 heavy (non-hydrogen) atoms. The first kappa shape index (κ1) is 16.8. The summed E-state index contributed by atoms with van der Waals surface area (Å²) < 4.78 is 3.22. The summed E-state index contributed by atoms with van der Waals surface area (Å²) in [5.74, 6) is 0.641. The number of aromatic nitrogens is 4. The van der Waals surface area contributed by atoms with Crippen molar-refractivity contribution >= 4 is 6.03 Å². The minimum absolute atomic E-state index is 0.000333. The molecule has 1 unspecified atom stereocenters. The highest BCUT2D eigenvalue weighted by Crippen LogP contribution is 2.21. The van der Waals surface area contributed by atoms with Crippen LogP contribution >= 0.6 is 0 Å². The number of hydrogen-bond acceptors (Lipinski definition) is 4. The van der Waals surface area contributed by atoms with Crippen LogP contribution in [0.3, 0.4) is 0 Å². The van der Waals surface area contributed by atoms with Crippen molar-refractivity contribution in [3.63, 3.8) is 0 Å². The molecular weight excluding hydrogens is 332 g/mol. The molecule has 138 valence electrons. The normalized spacial score (nSPS) is 20.6. The monoisotopic (exact) mass is 356 g/mol. The molecule has 1 aliphatic carbocycles. The van der Waals surface area contributed by atoms with E-state index in [1.54, 1.807) is 29.4 Å². The summed E-state index contributed by atoms with van der Waals surface area (Å²) in [5, 5.41) is 7.60. The zero-order valence-electron chi connectivity index (χ0n) is 14.8. The molecule has 0 bridgehead atoms. The smallest absolute Gasteiger partial charge is 0.317 e. The Morgan fingerprint density at radius 3 is 2.81 bits per heavy atom. The van der Waals surface area contributed by atoms with Gasteiger partial charge in [0.05, 0.1) is 12.6 Å². The fourth-order valence-electron chi connectivity index (χ4n) is 3.92. The lowest BCUT2D eigenvalue weighted by molar-refractivity contribution is 0.181. The van der Waals surface area contributed by atoms with E-state index in [-0.39, 0.29) is 17.6 Å². The Kier molecular flexibility index (Phi) is 4.73. The van der Waals surface area contributed by atoms with Crippen molar-refractivity contribution in [2.24, 2.45) is 0 Å². The zero-order valence-corrected chi connectivity index (χ0v) is 14.8. The van der Waals surface area contributed by atoms with E-state index in [9.17, 15) is 9.59 Å². The van der Waals surface area contributed by atoms with Gasteiger partial charge >= 0.3 is 6.03 Å². The number of carbonyl (C=O) groups is 1. The molecule has 8 heteroatoms. The Morgan fingerprint density at radius 1 is 1.19 bits per heavy atom. The van der Waals surface area contributed by atoms with Crippen LogP contribution in [0.15, 0.2) is 35.6 Å².